The minimum atomic E-state index is -1.66. The third-order valence-corrected chi connectivity index (χ3v) is 15.1. The number of rotatable bonds is 31. The Kier molecular flexibility index (Phi) is 27.6. The van der Waals surface area contributed by atoms with Gasteiger partial charge in [0.05, 0.1) is 0 Å². The first-order chi connectivity index (χ1) is 38.5. The number of likely N-dealkylation sites (tertiary alicyclic amines) is 1. The van der Waals surface area contributed by atoms with Gasteiger partial charge in [-0.25, -0.2) is 4.39 Å². The molecule has 9 N–H and O–H groups in total. The van der Waals surface area contributed by atoms with E-state index in [0.717, 1.165) is 32.1 Å². The Bertz CT molecular complexity index is 2390. The van der Waals surface area contributed by atoms with Crippen molar-refractivity contribution in [2.75, 3.05) is 33.7 Å². The van der Waals surface area contributed by atoms with E-state index in [0.29, 0.717) is 31.8 Å². The minimum Gasteiger partial charge on any atom is -0.354 e. The van der Waals surface area contributed by atoms with E-state index in [1.54, 1.807) is 0 Å². The number of likely N-dealkylation sites (N-methyl/N-ethyl adjacent to an activating group) is 1. The Morgan fingerprint density at radius 1 is 0.602 bits per heavy atom. The molecule has 0 spiro atoms. The molecule has 1 saturated heterocycles. The molecule has 83 heavy (non-hydrogen) atoms. The fraction of sp³-hybridized carbons (Fsp3) is 0.738. The van der Waals surface area contributed by atoms with Gasteiger partial charge in [0.2, 0.25) is 53.2 Å². The predicted molar refractivity (Wildman–Crippen MR) is 317 cm³/mol. The van der Waals surface area contributed by atoms with Crippen LogP contribution in [0.1, 0.15) is 184 Å². The molecule has 2 aliphatic rings. The predicted octanol–water partition coefficient (Wildman–Crippen LogP) is 4.37. The van der Waals surface area contributed by atoms with Gasteiger partial charge in [-0.3, -0.25) is 47.9 Å². The van der Waals surface area contributed by atoms with Crippen LogP contribution in [0.15, 0.2) is 24.3 Å². The van der Waals surface area contributed by atoms with Gasteiger partial charge in [0.15, 0.2) is 0 Å². The van der Waals surface area contributed by atoms with Crippen LogP contribution in [0.2, 0.25) is 0 Å². The molecule has 21 nitrogen and oxygen atoms in total. The van der Waals surface area contributed by atoms with Gasteiger partial charge in [-0.1, -0.05) is 80.6 Å². The van der Waals surface area contributed by atoms with E-state index >= 15 is 0 Å². The maximum atomic E-state index is 14.5. The summed E-state index contributed by atoms with van der Waals surface area (Å²) in [6, 6.07) is -0.440. The molecule has 1 aliphatic carbocycles. The summed E-state index contributed by atoms with van der Waals surface area (Å²) in [5, 5.41) is 25.2. The SMILES string of the molecule is CC(C)C[C@H](NC(=O)[C@H](CCC1CCCCC1)NC(=O)[C@@H]1C[C@H](C)CN1C(=O)c1ccc(F)cc1)C(=O)NC(C)(C)C(=O)N[C@@H](CC(C)C)C(=O)N[C@@H](CC(C)C)C(=O)NC(C)(C)C(=O)NC(C)(C)C(=O)NCCC(=O)N[C@@H](C)CN(C)C. The number of benzene rings is 1. The van der Waals surface area contributed by atoms with E-state index in [4.69, 9.17) is 0 Å². The van der Waals surface area contributed by atoms with Crippen LogP contribution in [0, 0.1) is 35.4 Å². The van der Waals surface area contributed by atoms with Crippen LogP contribution in [-0.2, 0) is 43.2 Å². The molecule has 0 bridgehead atoms. The Labute approximate surface area is 493 Å². The summed E-state index contributed by atoms with van der Waals surface area (Å²) in [5.74, 6) is -6.34. The number of hydrogen-bond acceptors (Lipinski definition) is 11. The van der Waals surface area contributed by atoms with Crippen LogP contribution in [0.5, 0.6) is 0 Å². The van der Waals surface area contributed by atoms with E-state index in [1.807, 2.05) is 74.4 Å². The van der Waals surface area contributed by atoms with Gasteiger partial charge >= 0.3 is 0 Å². The lowest BCUT2D eigenvalue weighted by Gasteiger charge is -2.34. The van der Waals surface area contributed by atoms with Crippen molar-refractivity contribution in [2.24, 2.45) is 29.6 Å². The van der Waals surface area contributed by atoms with Crippen LogP contribution in [-0.4, -0.2) is 155 Å². The summed E-state index contributed by atoms with van der Waals surface area (Å²) in [5.41, 5.74) is -4.47. The Balaban J connectivity index is 1.75. The Morgan fingerprint density at radius 2 is 1.08 bits per heavy atom. The largest absolute Gasteiger partial charge is 0.354 e. The second-order valence-electron chi connectivity index (χ2n) is 26.5. The highest BCUT2D eigenvalue weighted by molar-refractivity contribution is 6.01. The summed E-state index contributed by atoms with van der Waals surface area (Å²) in [6.07, 6.45) is 7.03. The van der Waals surface area contributed by atoms with Crippen molar-refractivity contribution >= 4 is 59.1 Å². The molecular formula is C61H102FN11O10. The zero-order valence-electron chi connectivity index (χ0n) is 52.6. The van der Waals surface area contributed by atoms with Gasteiger partial charge < -0.3 is 57.7 Å². The van der Waals surface area contributed by atoms with Crippen LogP contribution >= 0.6 is 0 Å². The Morgan fingerprint density at radius 3 is 1.59 bits per heavy atom. The normalized spacial score (nSPS) is 17.9. The molecule has 0 unspecified atom stereocenters. The zero-order valence-corrected chi connectivity index (χ0v) is 52.6. The number of carbonyl (C=O) groups excluding carboxylic acids is 10. The lowest BCUT2D eigenvalue weighted by Crippen LogP contribution is -2.65. The molecule has 1 aliphatic heterocycles. The number of nitrogens with zero attached hydrogens (tertiary/aromatic N) is 2. The van der Waals surface area contributed by atoms with Crippen LogP contribution in [0.4, 0.5) is 4.39 Å². The van der Waals surface area contributed by atoms with Crippen molar-refractivity contribution in [3.63, 3.8) is 0 Å². The van der Waals surface area contributed by atoms with Gasteiger partial charge in [0.1, 0.15) is 52.6 Å². The second-order valence-corrected chi connectivity index (χ2v) is 26.5. The van der Waals surface area contributed by atoms with Crippen LogP contribution in [0.25, 0.3) is 0 Å². The summed E-state index contributed by atoms with van der Waals surface area (Å²) in [6.45, 7) is 24.8. The molecule has 7 atom stereocenters. The number of carbonyl (C=O) groups is 10. The van der Waals surface area contributed by atoms with Crippen molar-refractivity contribution in [2.45, 2.75) is 227 Å². The smallest absolute Gasteiger partial charge is 0.254 e. The molecular weight excluding hydrogens is 1070 g/mol. The van der Waals surface area contributed by atoms with Gasteiger partial charge in [0.25, 0.3) is 5.91 Å². The van der Waals surface area contributed by atoms with Crippen molar-refractivity contribution in [1.29, 1.82) is 0 Å². The molecule has 0 aromatic heterocycles. The molecule has 1 aromatic rings. The molecule has 468 valence electrons. The molecule has 2 fully saturated rings. The molecule has 0 radical (unpaired) electrons. The van der Waals surface area contributed by atoms with Crippen molar-refractivity contribution in [3.05, 3.63) is 35.6 Å². The van der Waals surface area contributed by atoms with Gasteiger partial charge in [0, 0.05) is 37.7 Å². The monoisotopic (exact) mass is 1170 g/mol. The highest BCUT2D eigenvalue weighted by Gasteiger charge is 2.42. The molecule has 10 amide bonds. The molecule has 22 heteroatoms. The van der Waals surface area contributed by atoms with Crippen LogP contribution < -0.4 is 47.9 Å². The third-order valence-electron chi connectivity index (χ3n) is 15.1. The van der Waals surface area contributed by atoms with Gasteiger partial charge in [-0.05, 0) is 155 Å². The van der Waals surface area contributed by atoms with E-state index < -0.39 is 106 Å². The third kappa shape index (κ3) is 23.8. The van der Waals surface area contributed by atoms with E-state index in [-0.39, 0.29) is 79.8 Å². The lowest BCUT2D eigenvalue weighted by molar-refractivity contribution is -0.139. The number of halogens is 1. The molecule has 1 saturated carbocycles. The average molecular weight is 1170 g/mol. The number of hydrogen-bond donors (Lipinski definition) is 9. The standard InChI is InChI=1S/C61H102FN11O10/c1-36(2)30-45(51(76)67-47(32-38(5)6)53(78)70-61(13,14)58(83)71-59(9,10)56(81)63-29-28-49(74)64-40(8)35-72(15)16)68-57(82)60(11,12)69-52(77)46(31-37(3)4)66-50(75)44(27-22-41-20-18-17-19-21-41)65-54(79)48-33-39(7)34-73(48)55(80)42-23-25-43(62)26-24-42/h23-26,36-41,44-48H,17-22,27-35H2,1-16H3,(H,63,81)(H,64,74)(H,65,79)(H,66,75)(H,67,76)(H,68,82)(H,69,77)(H,70,78)(H,71,83)/t39-,40-,44-,45-,46-,47-,48-/m0/s1. The van der Waals surface area contributed by atoms with Crippen molar-refractivity contribution in [3.8, 4) is 0 Å². The number of nitrogens with one attached hydrogen (secondary N) is 9. The summed E-state index contributed by atoms with van der Waals surface area (Å²) in [4.78, 5) is 142. The average Bonchev–Trinajstić information content (AvgIpc) is 3.98. The first-order valence-corrected chi connectivity index (χ1v) is 30.0. The lowest BCUT2D eigenvalue weighted by atomic mass is 9.85. The summed E-state index contributed by atoms with van der Waals surface area (Å²) >= 11 is 0. The van der Waals surface area contributed by atoms with Crippen molar-refractivity contribution < 1.29 is 52.3 Å². The number of amides is 10. The van der Waals surface area contributed by atoms with Gasteiger partial charge in [-0.2, -0.15) is 0 Å². The quantitative estimate of drug-likeness (QED) is 0.0503. The van der Waals surface area contributed by atoms with E-state index in [2.05, 4.69) is 47.9 Å². The van der Waals surface area contributed by atoms with Gasteiger partial charge in [-0.15, -0.1) is 0 Å². The zero-order chi connectivity index (χ0) is 62.7. The summed E-state index contributed by atoms with van der Waals surface area (Å²) in [7, 11) is 3.79. The molecule has 1 heterocycles. The van der Waals surface area contributed by atoms with E-state index in [9.17, 15) is 52.3 Å². The summed E-state index contributed by atoms with van der Waals surface area (Å²) < 4.78 is 13.8. The second kappa shape index (κ2) is 32.2. The first-order valence-electron chi connectivity index (χ1n) is 30.0. The van der Waals surface area contributed by atoms with Crippen LogP contribution in [0.3, 0.4) is 0 Å². The molecule has 3 rings (SSSR count). The Hall–Kier alpha value is -6.19. The van der Waals surface area contributed by atoms with E-state index in [1.165, 1.54) is 70.7 Å². The van der Waals surface area contributed by atoms with Crippen molar-refractivity contribution in [1.82, 2.24) is 57.7 Å². The fourth-order valence-corrected chi connectivity index (χ4v) is 10.5. The minimum absolute atomic E-state index is 0.0238. The topological polar surface area (TPSA) is 285 Å². The first kappa shape index (κ1) is 71.1. The maximum absolute atomic E-state index is 14.5. The highest BCUT2D eigenvalue weighted by Crippen LogP contribution is 2.29. The fourth-order valence-electron chi connectivity index (χ4n) is 10.5. The highest BCUT2D eigenvalue weighted by atomic mass is 19.1. The molecule has 1 aromatic carbocycles. The maximum Gasteiger partial charge on any atom is 0.254 e.